The molecular formula is C24H22N2O2. The maximum Gasteiger partial charge on any atom is 0.247 e. The molecule has 1 fully saturated rings. The summed E-state index contributed by atoms with van der Waals surface area (Å²) in [4.78, 5) is 27.4. The van der Waals surface area contributed by atoms with Crippen LogP contribution in [0.3, 0.4) is 0 Å². The van der Waals surface area contributed by atoms with E-state index in [0.717, 1.165) is 16.7 Å². The Morgan fingerprint density at radius 2 is 1.46 bits per heavy atom. The summed E-state index contributed by atoms with van der Waals surface area (Å²) in [5, 5.41) is 3.01. The lowest BCUT2D eigenvalue weighted by Crippen LogP contribution is -2.52. The molecule has 140 valence electrons. The number of hydrogen-bond acceptors (Lipinski definition) is 2. The van der Waals surface area contributed by atoms with E-state index >= 15 is 0 Å². The van der Waals surface area contributed by atoms with Crippen LogP contribution in [0, 0.1) is 0 Å². The summed E-state index contributed by atoms with van der Waals surface area (Å²) in [7, 11) is 0. The number of benzene rings is 3. The largest absolute Gasteiger partial charge is 0.350 e. The van der Waals surface area contributed by atoms with Gasteiger partial charge in [-0.2, -0.15) is 0 Å². The van der Waals surface area contributed by atoms with Crippen LogP contribution in [0.5, 0.6) is 0 Å². The molecule has 0 radical (unpaired) electrons. The van der Waals surface area contributed by atoms with E-state index in [1.165, 1.54) is 0 Å². The Hall–Kier alpha value is -3.40. The normalized spacial score (nSPS) is 16.9. The number of nitrogens with one attached hydrogen (secondary N) is 1. The van der Waals surface area contributed by atoms with Crippen molar-refractivity contribution >= 4 is 11.8 Å². The number of amides is 2. The highest BCUT2D eigenvalue weighted by molar-refractivity contribution is 5.92. The topological polar surface area (TPSA) is 49.4 Å². The molecule has 0 saturated carbocycles. The van der Waals surface area contributed by atoms with Crippen molar-refractivity contribution in [3.8, 4) is 0 Å². The molecule has 0 aliphatic carbocycles. The first-order valence-electron chi connectivity index (χ1n) is 9.47. The van der Waals surface area contributed by atoms with Gasteiger partial charge >= 0.3 is 0 Å². The minimum absolute atomic E-state index is 0.00225. The van der Waals surface area contributed by atoms with Gasteiger partial charge in [-0.1, -0.05) is 91.0 Å². The Labute approximate surface area is 164 Å². The summed E-state index contributed by atoms with van der Waals surface area (Å²) in [6.07, 6.45) is 0.430. The number of β-lactam (4-membered cyclic amide) rings is 1. The lowest BCUT2D eigenvalue weighted by Gasteiger charge is -2.45. The lowest BCUT2D eigenvalue weighted by atomic mass is 9.89. The van der Waals surface area contributed by atoms with Gasteiger partial charge in [0.05, 0.1) is 12.5 Å². The van der Waals surface area contributed by atoms with E-state index in [4.69, 9.17) is 0 Å². The molecule has 0 aromatic heterocycles. The molecule has 1 saturated heterocycles. The van der Waals surface area contributed by atoms with Gasteiger partial charge < -0.3 is 10.2 Å². The molecule has 3 aromatic carbocycles. The van der Waals surface area contributed by atoms with Gasteiger partial charge in [-0.25, -0.2) is 0 Å². The van der Waals surface area contributed by atoms with Crippen LogP contribution in [0.15, 0.2) is 91.0 Å². The first-order valence-corrected chi connectivity index (χ1v) is 9.47. The van der Waals surface area contributed by atoms with Crippen LogP contribution in [0.4, 0.5) is 0 Å². The molecule has 0 spiro atoms. The third-order valence-electron chi connectivity index (χ3n) is 5.13. The van der Waals surface area contributed by atoms with Crippen LogP contribution >= 0.6 is 0 Å². The third-order valence-corrected chi connectivity index (χ3v) is 5.13. The molecule has 4 heteroatoms. The molecule has 1 aliphatic rings. The molecule has 1 N–H and O–H groups in total. The van der Waals surface area contributed by atoms with Crippen molar-refractivity contribution in [1.29, 1.82) is 0 Å². The average molecular weight is 370 g/mol. The van der Waals surface area contributed by atoms with Crippen molar-refractivity contribution in [3.05, 3.63) is 108 Å². The molecule has 0 bridgehead atoms. The van der Waals surface area contributed by atoms with Crippen LogP contribution in [0.1, 0.15) is 35.2 Å². The molecular weight excluding hydrogens is 348 g/mol. The van der Waals surface area contributed by atoms with Crippen molar-refractivity contribution < 1.29 is 9.59 Å². The molecule has 2 unspecified atom stereocenters. The smallest absolute Gasteiger partial charge is 0.247 e. The van der Waals surface area contributed by atoms with Gasteiger partial charge in [0, 0.05) is 6.54 Å². The maximum absolute atomic E-state index is 13.2. The first kappa shape index (κ1) is 18.0. The predicted octanol–water partition coefficient (Wildman–Crippen LogP) is 4.02. The van der Waals surface area contributed by atoms with E-state index in [0.29, 0.717) is 13.0 Å². The highest BCUT2D eigenvalue weighted by Gasteiger charge is 2.44. The highest BCUT2D eigenvalue weighted by Crippen LogP contribution is 2.41. The first-order chi connectivity index (χ1) is 13.7. The van der Waals surface area contributed by atoms with Crippen molar-refractivity contribution in [2.24, 2.45) is 0 Å². The molecule has 3 aromatic rings. The molecule has 2 atom stereocenters. The van der Waals surface area contributed by atoms with Gasteiger partial charge in [0.25, 0.3) is 0 Å². The zero-order chi connectivity index (χ0) is 19.3. The number of hydrogen-bond donors (Lipinski definition) is 1. The Morgan fingerprint density at radius 1 is 0.893 bits per heavy atom. The number of nitrogens with zero attached hydrogens (tertiary/aromatic N) is 1. The van der Waals surface area contributed by atoms with Crippen molar-refractivity contribution in [1.82, 2.24) is 10.2 Å². The molecule has 1 aliphatic heterocycles. The van der Waals surface area contributed by atoms with Crippen molar-refractivity contribution in [2.75, 3.05) is 0 Å². The average Bonchev–Trinajstić information content (AvgIpc) is 2.76. The standard InChI is InChI=1S/C24H22N2O2/c27-22-16-21(19-12-6-2-7-13-19)26(22)23(20-14-8-3-9-15-20)24(28)25-17-18-10-4-1-5-11-18/h1-15,21,23H,16-17H2,(H,25,28). The molecule has 4 rings (SSSR count). The Morgan fingerprint density at radius 3 is 2.07 bits per heavy atom. The summed E-state index contributed by atoms with van der Waals surface area (Å²) in [5.41, 5.74) is 2.90. The quantitative estimate of drug-likeness (QED) is 0.667. The fourth-order valence-electron chi connectivity index (χ4n) is 3.66. The molecule has 4 nitrogen and oxygen atoms in total. The minimum Gasteiger partial charge on any atom is -0.350 e. The number of carbonyl (C=O) groups is 2. The lowest BCUT2D eigenvalue weighted by molar-refractivity contribution is -0.156. The minimum atomic E-state index is -0.642. The number of likely N-dealkylation sites (tertiary alicyclic amines) is 1. The molecule has 1 heterocycles. The summed E-state index contributed by atoms with van der Waals surface area (Å²) in [6.45, 7) is 0.432. The van der Waals surface area contributed by atoms with E-state index in [2.05, 4.69) is 5.32 Å². The van der Waals surface area contributed by atoms with Crippen LogP contribution in [-0.2, 0) is 16.1 Å². The summed E-state index contributed by atoms with van der Waals surface area (Å²) >= 11 is 0. The maximum atomic E-state index is 13.2. The van der Waals surface area contributed by atoms with E-state index in [9.17, 15) is 9.59 Å². The summed E-state index contributed by atoms with van der Waals surface area (Å²) in [6, 6.07) is 28.5. The zero-order valence-electron chi connectivity index (χ0n) is 15.5. The van der Waals surface area contributed by atoms with E-state index in [1.807, 2.05) is 91.0 Å². The van der Waals surface area contributed by atoms with Crippen LogP contribution in [-0.4, -0.2) is 16.7 Å². The van der Waals surface area contributed by atoms with E-state index in [1.54, 1.807) is 4.90 Å². The Balaban J connectivity index is 1.60. The Kier molecular flexibility index (Phi) is 5.20. The zero-order valence-corrected chi connectivity index (χ0v) is 15.5. The van der Waals surface area contributed by atoms with Gasteiger partial charge in [-0.05, 0) is 16.7 Å². The van der Waals surface area contributed by atoms with Crippen molar-refractivity contribution in [2.45, 2.75) is 25.0 Å². The van der Waals surface area contributed by atoms with Crippen LogP contribution < -0.4 is 5.32 Å². The number of rotatable bonds is 6. The molecule has 2 amide bonds. The van der Waals surface area contributed by atoms with Gasteiger partial charge in [0.2, 0.25) is 11.8 Å². The van der Waals surface area contributed by atoms with Crippen LogP contribution in [0.25, 0.3) is 0 Å². The van der Waals surface area contributed by atoms with E-state index < -0.39 is 6.04 Å². The fourth-order valence-corrected chi connectivity index (χ4v) is 3.66. The van der Waals surface area contributed by atoms with Crippen molar-refractivity contribution in [3.63, 3.8) is 0 Å². The second-order valence-corrected chi connectivity index (χ2v) is 6.95. The van der Waals surface area contributed by atoms with E-state index in [-0.39, 0.29) is 17.9 Å². The fraction of sp³-hybridized carbons (Fsp3) is 0.167. The Bertz CT molecular complexity index is 942. The second kappa shape index (κ2) is 8.09. The van der Waals surface area contributed by atoms with Gasteiger partial charge in [-0.3, -0.25) is 9.59 Å². The summed E-state index contributed by atoms with van der Waals surface area (Å²) in [5.74, 6) is -0.165. The number of carbonyl (C=O) groups excluding carboxylic acids is 2. The van der Waals surface area contributed by atoms with Gasteiger partial charge in [0.1, 0.15) is 6.04 Å². The monoisotopic (exact) mass is 370 g/mol. The SMILES string of the molecule is O=C(NCc1ccccc1)C(c1ccccc1)N1C(=O)CC1c1ccccc1. The van der Waals surface area contributed by atoms with Gasteiger partial charge in [0.15, 0.2) is 0 Å². The second-order valence-electron chi connectivity index (χ2n) is 6.95. The summed E-state index contributed by atoms with van der Waals surface area (Å²) < 4.78 is 0. The highest BCUT2D eigenvalue weighted by atomic mass is 16.2. The predicted molar refractivity (Wildman–Crippen MR) is 108 cm³/mol. The molecule has 28 heavy (non-hydrogen) atoms. The third kappa shape index (κ3) is 3.67. The van der Waals surface area contributed by atoms with Crippen LogP contribution in [0.2, 0.25) is 0 Å². The van der Waals surface area contributed by atoms with Gasteiger partial charge in [-0.15, -0.1) is 0 Å².